The smallest absolute Gasteiger partial charge is 0.435 e. The fourth-order valence-corrected chi connectivity index (χ4v) is 5.71. The lowest BCUT2D eigenvalue weighted by Gasteiger charge is -2.32. The van der Waals surface area contributed by atoms with E-state index in [9.17, 15) is 23.2 Å². The van der Waals surface area contributed by atoms with Gasteiger partial charge in [0.1, 0.15) is 5.75 Å². The number of aryl methyl sites for hydroxylation is 2. The number of carbonyl (C=O) groups is 1. The Labute approximate surface area is 249 Å². The van der Waals surface area contributed by atoms with Gasteiger partial charge in [0.25, 0.3) is 5.91 Å². The normalized spacial score (nSPS) is 13.9. The first-order valence-corrected chi connectivity index (χ1v) is 13.5. The molecule has 11 nitrogen and oxygen atoms in total. The number of benzene rings is 2. The Kier molecular flexibility index (Phi) is 6.98. The fraction of sp³-hybridized carbons (Fsp3) is 0.233. The van der Waals surface area contributed by atoms with E-state index in [-0.39, 0.29) is 36.5 Å². The van der Waals surface area contributed by atoms with Crippen LogP contribution in [0.1, 0.15) is 38.4 Å². The zero-order valence-electron chi connectivity index (χ0n) is 23.9. The van der Waals surface area contributed by atoms with Crippen molar-refractivity contribution in [2.45, 2.75) is 26.1 Å². The average molecular weight is 605 g/mol. The fourth-order valence-electron chi connectivity index (χ4n) is 5.71. The summed E-state index contributed by atoms with van der Waals surface area (Å²) in [5.74, 6) is -0.173. The molecule has 2 aromatic carbocycles. The number of amides is 1. The molecule has 3 N–H and O–H groups in total. The van der Waals surface area contributed by atoms with Crippen LogP contribution >= 0.6 is 0 Å². The van der Waals surface area contributed by atoms with Crippen molar-refractivity contribution in [2.75, 3.05) is 18.6 Å². The maximum absolute atomic E-state index is 14.4. The quantitative estimate of drug-likeness (QED) is 0.126. The summed E-state index contributed by atoms with van der Waals surface area (Å²) in [6, 6.07) is 8.45. The molecule has 0 radical (unpaired) electrons. The van der Waals surface area contributed by atoms with Crippen LogP contribution in [0.25, 0.3) is 22.0 Å². The van der Waals surface area contributed by atoms with Gasteiger partial charge in [-0.3, -0.25) is 14.5 Å². The summed E-state index contributed by atoms with van der Waals surface area (Å²) in [6.45, 7) is 2.22. The second-order valence-corrected chi connectivity index (χ2v) is 10.5. The minimum atomic E-state index is -4.70. The van der Waals surface area contributed by atoms with E-state index in [1.54, 1.807) is 65.4 Å². The van der Waals surface area contributed by atoms with Crippen LogP contribution in [-0.4, -0.2) is 54.9 Å². The molecule has 3 aromatic heterocycles. The second kappa shape index (κ2) is 10.7. The third-order valence-electron chi connectivity index (χ3n) is 7.59. The van der Waals surface area contributed by atoms with Crippen molar-refractivity contribution < 1.29 is 27.9 Å². The van der Waals surface area contributed by atoms with Crippen LogP contribution in [0.5, 0.6) is 5.75 Å². The number of anilines is 1. The molecule has 0 spiro atoms. The number of imidazole rings is 1. The molecule has 0 unspecified atom stereocenters. The molecule has 5 aromatic rings. The zero-order valence-corrected chi connectivity index (χ0v) is 23.9. The van der Waals surface area contributed by atoms with Crippen LogP contribution in [0.4, 0.5) is 18.9 Å². The largest absolute Gasteiger partial charge is 0.497 e. The Balaban J connectivity index is 1.55. The maximum atomic E-state index is 14.4. The molecule has 0 bridgehead atoms. The topological polar surface area (TPSA) is 137 Å². The number of ether oxygens (including phenoxy) is 1. The van der Waals surface area contributed by atoms with Crippen molar-refractivity contribution >= 4 is 28.3 Å². The molecule has 0 saturated carbocycles. The van der Waals surface area contributed by atoms with Crippen LogP contribution in [0, 0.1) is 6.92 Å². The summed E-state index contributed by atoms with van der Waals surface area (Å²) in [6.07, 6.45) is 1.83. The van der Waals surface area contributed by atoms with E-state index in [0.29, 0.717) is 50.3 Å². The maximum Gasteiger partial charge on any atom is 0.435 e. The number of hydrogen-bond acceptors (Lipinski definition) is 7. The van der Waals surface area contributed by atoms with Gasteiger partial charge in [-0.05, 0) is 60.4 Å². The lowest BCUT2D eigenvalue weighted by molar-refractivity contribution is -0.140. The van der Waals surface area contributed by atoms with Crippen molar-refractivity contribution in [1.82, 2.24) is 24.3 Å². The van der Waals surface area contributed by atoms with E-state index in [2.05, 4.69) is 20.2 Å². The number of alkyl halides is 3. The van der Waals surface area contributed by atoms with E-state index in [1.807, 2.05) is 0 Å². The number of rotatable bonds is 6. The Hall–Kier alpha value is -5.40. The monoisotopic (exact) mass is 604 g/mol. The van der Waals surface area contributed by atoms with Gasteiger partial charge in [0.2, 0.25) is 0 Å². The van der Waals surface area contributed by atoms with Crippen LogP contribution in [0.15, 0.2) is 60.4 Å². The number of hydrogen-bond donors (Lipinski definition) is 2. The SMILES string of the molecule is COc1cc(/C(N)=N/O)c2nc(C)cc(N3CCc4c(cc(Cn5ccnc5)cc4-c4cn(C)nc4C(F)(F)F)C3=O)c2c1. The number of nitrogens with zero attached hydrogens (tertiary/aromatic N) is 7. The average Bonchev–Trinajstić information content (AvgIpc) is 3.65. The standard InChI is InChI=1S/C30H27F3N8O3/c1-16-8-25(22-11-18(44-3)12-23(26(22)36-16)28(34)38-43)41-6-4-19-20(24-14-39(2)37-27(24)30(31,32)33)9-17(10-21(19)29(41)42)13-40-7-5-35-15-40/h5,7-12,14-15,43H,4,6,13H2,1-3H3,(H2,34,38). The minimum Gasteiger partial charge on any atom is -0.497 e. The third kappa shape index (κ3) is 4.97. The molecule has 6 rings (SSSR count). The van der Waals surface area contributed by atoms with E-state index in [4.69, 9.17) is 10.5 Å². The molecule has 0 atom stereocenters. The van der Waals surface area contributed by atoms with Crippen LogP contribution < -0.4 is 15.4 Å². The van der Waals surface area contributed by atoms with Gasteiger partial charge < -0.3 is 25.1 Å². The number of amidine groups is 1. The Morgan fingerprint density at radius 3 is 2.61 bits per heavy atom. The number of halogens is 3. The highest BCUT2D eigenvalue weighted by Gasteiger charge is 2.39. The van der Waals surface area contributed by atoms with Gasteiger partial charge in [0.05, 0.1) is 30.2 Å². The van der Waals surface area contributed by atoms with E-state index in [0.717, 1.165) is 4.68 Å². The molecule has 14 heteroatoms. The van der Waals surface area contributed by atoms with Crippen molar-refractivity contribution in [3.8, 4) is 16.9 Å². The van der Waals surface area contributed by atoms with Crippen molar-refractivity contribution in [2.24, 2.45) is 17.9 Å². The first-order valence-electron chi connectivity index (χ1n) is 13.5. The number of oxime groups is 1. The summed E-state index contributed by atoms with van der Waals surface area (Å²) >= 11 is 0. The molecule has 0 aliphatic carbocycles. The molecule has 4 heterocycles. The number of fused-ring (bicyclic) bond motifs is 2. The summed E-state index contributed by atoms with van der Waals surface area (Å²) in [4.78, 5) is 24.6. The zero-order chi connectivity index (χ0) is 31.3. The summed E-state index contributed by atoms with van der Waals surface area (Å²) in [5, 5.41) is 16.8. The molecular formula is C30H27F3N8O3. The lowest BCUT2D eigenvalue weighted by Crippen LogP contribution is -2.38. The van der Waals surface area contributed by atoms with Crippen LogP contribution in [0.2, 0.25) is 0 Å². The summed E-state index contributed by atoms with van der Waals surface area (Å²) in [5.41, 5.74) is 8.36. The van der Waals surface area contributed by atoms with Crippen LogP contribution in [-0.2, 0) is 26.2 Å². The highest BCUT2D eigenvalue weighted by atomic mass is 19.4. The number of nitrogens with two attached hydrogens (primary N) is 1. The Morgan fingerprint density at radius 1 is 1.16 bits per heavy atom. The predicted molar refractivity (Wildman–Crippen MR) is 156 cm³/mol. The first-order chi connectivity index (χ1) is 21.0. The van der Waals surface area contributed by atoms with Crippen molar-refractivity contribution in [1.29, 1.82) is 0 Å². The summed E-state index contributed by atoms with van der Waals surface area (Å²) in [7, 11) is 2.90. The van der Waals surface area contributed by atoms with E-state index >= 15 is 0 Å². The first kappa shape index (κ1) is 28.7. The number of pyridine rings is 1. The molecule has 226 valence electrons. The molecule has 1 aliphatic rings. The van der Waals surface area contributed by atoms with Crippen molar-refractivity contribution in [3.05, 3.63) is 88.9 Å². The number of aromatic nitrogens is 5. The minimum absolute atomic E-state index is 0.0941. The van der Waals surface area contributed by atoms with Crippen molar-refractivity contribution in [3.63, 3.8) is 0 Å². The van der Waals surface area contributed by atoms with Gasteiger partial charge in [-0.15, -0.1) is 0 Å². The second-order valence-electron chi connectivity index (χ2n) is 10.5. The van der Waals surface area contributed by atoms with Gasteiger partial charge >= 0.3 is 6.18 Å². The molecule has 1 aliphatic heterocycles. The van der Waals surface area contributed by atoms with Gasteiger partial charge in [-0.25, -0.2) is 4.98 Å². The highest BCUT2D eigenvalue weighted by Crippen LogP contribution is 2.41. The van der Waals surface area contributed by atoms with Gasteiger partial charge in [-0.1, -0.05) is 5.16 Å². The molecule has 0 fully saturated rings. The Bertz CT molecular complexity index is 1950. The van der Waals surface area contributed by atoms with E-state index in [1.165, 1.54) is 20.4 Å². The predicted octanol–water partition coefficient (Wildman–Crippen LogP) is 4.51. The van der Waals surface area contributed by atoms with Gasteiger partial charge in [-0.2, -0.15) is 18.3 Å². The Morgan fingerprint density at radius 2 is 1.93 bits per heavy atom. The van der Waals surface area contributed by atoms with E-state index < -0.39 is 17.8 Å². The number of carbonyl (C=O) groups excluding carboxylic acids is 1. The molecular weight excluding hydrogens is 577 g/mol. The lowest BCUT2D eigenvalue weighted by atomic mass is 9.87. The van der Waals surface area contributed by atoms with Gasteiger partial charge in [0, 0.05) is 60.9 Å². The molecule has 44 heavy (non-hydrogen) atoms. The molecule has 1 amide bonds. The van der Waals surface area contributed by atoms with Crippen LogP contribution in [0.3, 0.4) is 0 Å². The third-order valence-corrected chi connectivity index (χ3v) is 7.59. The number of methoxy groups -OCH3 is 1. The highest BCUT2D eigenvalue weighted by molar-refractivity contribution is 6.16. The summed E-state index contributed by atoms with van der Waals surface area (Å²) < 4.78 is 50.6. The molecule has 0 saturated heterocycles. The van der Waals surface area contributed by atoms with Gasteiger partial charge in [0.15, 0.2) is 11.5 Å².